The Hall–Kier alpha value is -0.690. The van der Waals surface area contributed by atoms with E-state index in [1.807, 2.05) is 6.08 Å². The maximum Gasteiger partial charge on any atom is 0.235 e. The molecule has 0 amide bonds. The molecule has 0 heterocycles. The second-order valence-electron chi connectivity index (χ2n) is 3.67. The lowest BCUT2D eigenvalue weighted by Crippen LogP contribution is -2.20. The molecule has 0 aliphatic heterocycles. The molecule has 2 N–H and O–H groups in total. The van der Waals surface area contributed by atoms with Crippen molar-refractivity contribution in [3.63, 3.8) is 0 Å². The van der Waals surface area contributed by atoms with Crippen LogP contribution in [0.4, 0.5) is 0 Å². The number of hydrogen-bond donors (Lipinski definition) is 1. The fourth-order valence-corrected chi connectivity index (χ4v) is 2.11. The molecule has 0 bridgehead atoms. The van der Waals surface area contributed by atoms with E-state index in [-0.39, 0.29) is 4.92 Å². The van der Waals surface area contributed by atoms with Crippen molar-refractivity contribution in [3.8, 4) is 0 Å². The Morgan fingerprint density at radius 3 is 2.94 bits per heavy atom. The SMILES string of the molecule is C=C(CI)C1=CC([N+](=O)[O-])CC=C1CCN. The summed E-state index contributed by atoms with van der Waals surface area (Å²) in [5, 5.41) is 10.8. The Morgan fingerprint density at radius 1 is 1.75 bits per heavy atom. The molecule has 0 aromatic rings. The highest BCUT2D eigenvalue weighted by atomic mass is 127. The predicted molar refractivity (Wildman–Crippen MR) is 73.3 cm³/mol. The number of halogens is 1. The van der Waals surface area contributed by atoms with Crippen LogP contribution in [0, 0.1) is 10.1 Å². The van der Waals surface area contributed by atoms with Crippen molar-refractivity contribution in [1.29, 1.82) is 0 Å². The number of allylic oxidation sites excluding steroid dienone is 2. The zero-order chi connectivity index (χ0) is 12.1. The first-order chi connectivity index (χ1) is 7.60. The first kappa shape index (κ1) is 13.4. The maximum atomic E-state index is 10.8. The van der Waals surface area contributed by atoms with Gasteiger partial charge in [-0.1, -0.05) is 35.2 Å². The standard InChI is InChI=1S/C11H15IN2O2/c1-8(7-12)11-6-10(14(15)16)3-2-9(11)4-5-13/h2,6,10H,1,3-5,7,13H2. The minimum absolute atomic E-state index is 0.254. The molecule has 5 heteroatoms. The summed E-state index contributed by atoms with van der Waals surface area (Å²) < 4.78 is 0.774. The summed E-state index contributed by atoms with van der Waals surface area (Å²) in [5.41, 5.74) is 8.48. The molecule has 1 aliphatic carbocycles. The van der Waals surface area contributed by atoms with Crippen LogP contribution in [-0.2, 0) is 0 Å². The van der Waals surface area contributed by atoms with E-state index in [0.29, 0.717) is 13.0 Å². The van der Waals surface area contributed by atoms with Gasteiger partial charge in [-0.25, -0.2) is 0 Å². The van der Waals surface area contributed by atoms with E-state index in [0.717, 1.165) is 27.6 Å². The Kier molecular flexibility index (Phi) is 5.14. The fourth-order valence-electron chi connectivity index (χ4n) is 1.70. The molecule has 1 rings (SSSR count). The van der Waals surface area contributed by atoms with Gasteiger partial charge in [0.2, 0.25) is 6.04 Å². The van der Waals surface area contributed by atoms with E-state index < -0.39 is 6.04 Å². The van der Waals surface area contributed by atoms with Crippen molar-refractivity contribution < 1.29 is 4.92 Å². The molecular weight excluding hydrogens is 319 g/mol. The molecule has 0 aromatic heterocycles. The Bertz CT molecular complexity index is 361. The molecule has 0 aromatic carbocycles. The van der Waals surface area contributed by atoms with Crippen LogP contribution in [0.2, 0.25) is 0 Å². The first-order valence-electron chi connectivity index (χ1n) is 5.09. The van der Waals surface area contributed by atoms with Crippen LogP contribution in [0.15, 0.2) is 35.5 Å². The summed E-state index contributed by atoms with van der Waals surface area (Å²) >= 11 is 2.21. The highest BCUT2D eigenvalue weighted by Crippen LogP contribution is 2.28. The topological polar surface area (TPSA) is 69.2 Å². The van der Waals surface area contributed by atoms with Gasteiger partial charge in [-0.15, -0.1) is 0 Å². The highest BCUT2D eigenvalue weighted by Gasteiger charge is 2.23. The van der Waals surface area contributed by atoms with Crippen molar-refractivity contribution >= 4 is 22.6 Å². The largest absolute Gasteiger partial charge is 0.330 e. The van der Waals surface area contributed by atoms with Gasteiger partial charge in [0.25, 0.3) is 0 Å². The van der Waals surface area contributed by atoms with E-state index in [9.17, 15) is 10.1 Å². The van der Waals surface area contributed by atoms with Crippen molar-refractivity contribution in [3.05, 3.63) is 45.6 Å². The van der Waals surface area contributed by atoms with Gasteiger partial charge in [-0.05, 0) is 35.8 Å². The average molecular weight is 334 g/mol. The zero-order valence-electron chi connectivity index (χ0n) is 8.99. The van der Waals surface area contributed by atoms with Crippen LogP contribution in [0.3, 0.4) is 0 Å². The highest BCUT2D eigenvalue weighted by molar-refractivity contribution is 14.1. The van der Waals surface area contributed by atoms with Crippen molar-refractivity contribution in [2.75, 3.05) is 11.0 Å². The summed E-state index contributed by atoms with van der Waals surface area (Å²) in [7, 11) is 0. The summed E-state index contributed by atoms with van der Waals surface area (Å²) in [5.74, 6) is 0. The van der Waals surface area contributed by atoms with Crippen molar-refractivity contribution in [1.82, 2.24) is 0 Å². The number of nitro groups is 1. The van der Waals surface area contributed by atoms with Crippen LogP contribution in [-0.4, -0.2) is 21.9 Å². The second-order valence-corrected chi connectivity index (χ2v) is 4.44. The van der Waals surface area contributed by atoms with Gasteiger partial charge in [0.1, 0.15) is 0 Å². The lowest BCUT2D eigenvalue weighted by atomic mass is 9.89. The summed E-state index contributed by atoms with van der Waals surface area (Å²) in [6, 6.07) is -0.615. The Labute approximate surface area is 109 Å². The molecule has 0 saturated heterocycles. The van der Waals surface area contributed by atoms with Crippen molar-refractivity contribution in [2.24, 2.45) is 5.73 Å². The Morgan fingerprint density at radius 2 is 2.44 bits per heavy atom. The molecule has 1 aliphatic rings. The van der Waals surface area contributed by atoms with Crippen LogP contribution in [0.5, 0.6) is 0 Å². The lowest BCUT2D eigenvalue weighted by molar-refractivity contribution is -0.508. The molecule has 0 saturated carbocycles. The van der Waals surface area contributed by atoms with E-state index in [4.69, 9.17) is 5.73 Å². The predicted octanol–water partition coefficient (Wildman–Crippen LogP) is 2.23. The molecule has 88 valence electrons. The number of alkyl halides is 1. The number of hydrogen-bond acceptors (Lipinski definition) is 3. The van der Waals surface area contributed by atoms with Gasteiger partial charge in [-0.2, -0.15) is 0 Å². The van der Waals surface area contributed by atoms with Crippen molar-refractivity contribution in [2.45, 2.75) is 18.9 Å². The molecule has 4 nitrogen and oxygen atoms in total. The van der Waals surface area contributed by atoms with Gasteiger partial charge >= 0.3 is 0 Å². The monoisotopic (exact) mass is 334 g/mol. The molecule has 0 fully saturated rings. The Balaban J connectivity index is 2.95. The minimum atomic E-state index is -0.615. The minimum Gasteiger partial charge on any atom is -0.330 e. The third kappa shape index (κ3) is 3.15. The van der Waals surface area contributed by atoms with E-state index in [1.165, 1.54) is 0 Å². The quantitative estimate of drug-likeness (QED) is 0.363. The molecular formula is C11H15IN2O2. The molecule has 16 heavy (non-hydrogen) atoms. The maximum absolute atomic E-state index is 10.8. The van der Waals surface area contributed by atoms with Gasteiger partial charge < -0.3 is 5.73 Å². The van der Waals surface area contributed by atoms with Crippen LogP contribution in [0.25, 0.3) is 0 Å². The molecule has 1 unspecified atom stereocenters. The van der Waals surface area contributed by atoms with Crippen LogP contribution >= 0.6 is 22.6 Å². The van der Waals surface area contributed by atoms with Crippen LogP contribution in [0.1, 0.15) is 12.8 Å². The van der Waals surface area contributed by atoms with Gasteiger partial charge in [0.15, 0.2) is 0 Å². The zero-order valence-corrected chi connectivity index (χ0v) is 11.1. The molecule has 0 spiro atoms. The fraction of sp³-hybridized carbons (Fsp3) is 0.455. The summed E-state index contributed by atoms with van der Waals surface area (Å²) in [6.07, 6.45) is 4.85. The van der Waals surface area contributed by atoms with E-state index in [2.05, 4.69) is 29.2 Å². The molecule has 0 radical (unpaired) electrons. The van der Waals surface area contributed by atoms with E-state index in [1.54, 1.807) is 6.08 Å². The third-order valence-electron chi connectivity index (χ3n) is 2.54. The number of rotatable bonds is 5. The smallest absolute Gasteiger partial charge is 0.235 e. The number of nitrogens with zero attached hydrogens (tertiary/aromatic N) is 1. The second kappa shape index (κ2) is 6.15. The summed E-state index contributed by atoms with van der Waals surface area (Å²) in [4.78, 5) is 10.5. The number of nitrogens with two attached hydrogens (primary N) is 1. The van der Waals surface area contributed by atoms with Gasteiger partial charge in [-0.3, -0.25) is 10.1 Å². The lowest BCUT2D eigenvalue weighted by Gasteiger charge is -2.18. The average Bonchev–Trinajstić information content (AvgIpc) is 2.28. The normalized spacial score (nSPS) is 20.0. The van der Waals surface area contributed by atoms with Gasteiger partial charge in [0, 0.05) is 15.8 Å². The van der Waals surface area contributed by atoms with E-state index >= 15 is 0 Å². The third-order valence-corrected chi connectivity index (χ3v) is 3.46. The van der Waals surface area contributed by atoms with Crippen LogP contribution < -0.4 is 5.73 Å². The van der Waals surface area contributed by atoms with Gasteiger partial charge in [0.05, 0.1) is 0 Å². The first-order valence-corrected chi connectivity index (χ1v) is 6.61. The summed E-state index contributed by atoms with van der Waals surface area (Å²) in [6.45, 7) is 4.50. The molecule has 1 atom stereocenters.